The van der Waals surface area contributed by atoms with E-state index in [9.17, 15) is 0 Å². The summed E-state index contributed by atoms with van der Waals surface area (Å²) in [6, 6.07) is 6.44. The maximum absolute atomic E-state index is 6.20. The molecule has 1 saturated carbocycles. The summed E-state index contributed by atoms with van der Waals surface area (Å²) in [6.45, 7) is 5.04. The van der Waals surface area contributed by atoms with Gasteiger partial charge in [-0.15, -0.1) is 0 Å². The van der Waals surface area contributed by atoms with Crippen molar-refractivity contribution in [3.8, 4) is 0 Å². The molecule has 1 aromatic rings. The second-order valence-electron chi connectivity index (χ2n) is 5.31. The number of benzene rings is 1. The molecule has 2 rings (SSSR count). The molecule has 1 atom stereocenters. The van der Waals surface area contributed by atoms with E-state index in [4.69, 9.17) is 17.3 Å². The zero-order valence-electron chi connectivity index (χ0n) is 11.4. The second kappa shape index (κ2) is 7.07. The molecule has 106 valence electrons. The van der Waals surface area contributed by atoms with E-state index in [2.05, 4.69) is 33.8 Å². The molecule has 1 aromatic carbocycles. The number of likely N-dealkylation sites (N-methyl/N-ethyl adjacent to an activating group) is 1. The van der Waals surface area contributed by atoms with Gasteiger partial charge in [0.15, 0.2) is 0 Å². The molecule has 1 unspecified atom stereocenters. The first-order valence-corrected chi connectivity index (χ1v) is 8.21. The Hall–Kier alpha value is -0.0900. The van der Waals surface area contributed by atoms with E-state index in [0.29, 0.717) is 6.54 Å². The fraction of sp³-hybridized carbons (Fsp3) is 0.600. The minimum atomic E-state index is 0.274. The van der Waals surface area contributed by atoms with Crippen LogP contribution in [0.15, 0.2) is 22.7 Å². The van der Waals surface area contributed by atoms with Gasteiger partial charge in [0.05, 0.1) is 5.02 Å². The van der Waals surface area contributed by atoms with Crippen LogP contribution in [0.2, 0.25) is 5.02 Å². The maximum atomic E-state index is 6.20. The van der Waals surface area contributed by atoms with E-state index in [0.717, 1.165) is 28.5 Å². The highest BCUT2D eigenvalue weighted by atomic mass is 79.9. The third-order valence-electron chi connectivity index (χ3n) is 4.12. The number of halogens is 2. The van der Waals surface area contributed by atoms with Crippen molar-refractivity contribution < 1.29 is 0 Å². The van der Waals surface area contributed by atoms with Crippen LogP contribution >= 0.6 is 27.5 Å². The molecule has 2 nitrogen and oxygen atoms in total. The van der Waals surface area contributed by atoms with E-state index in [1.807, 2.05) is 12.1 Å². The van der Waals surface area contributed by atoms with Crippen molar-refractivity contribution in [2.24, 2.45) is 11.7 Å². The minimum Gasteiger partial charge on any atom is -0.329 e. The Labute approximate surface area is 129 Å². The highest BCUT2D eigenvalue weighted by Crippen LogP contribution is 2.32. The summed E-state index contributed by atoms with van der Waals surface area (Å²) in [4.78, 5) is 2.49. The molecule has 1 aliphatic rings. The summed E-state index contributed by atoms with van der Waals surface area (Å²) >= 11 is 9.64. The molecule has 1 aliphatic carbocycles. The van der Waals surface area contributed by atoms with Gasteiger partial charge in [0.25, 0.3) is 0 Å². The van der Waals surface area contributed by atoms with Crippen molar-refractivity contribution in [1.29, 1.82) is 0 Å². The minimum absolute atomic E-state index is 0.274. The summed E-state index contributed by atoms with van der Waals surface area (Å²) in [5.41, 5.74) is 7.23. The lowest BCUT2D eigenvalue weighted by molar-refractivity contribution is 0.141. The number of nitrogens with zero attached hydrogens (tertiary/aromatic N) is 1. The van der Waals surface area contributed by atoms with E-state index in [1.54, 1.807) is 0 Å². The smallest absolute Gasteiger partial charge is 0.0551 e. The SMILES string of the molecule is CCN(CC1CCC1)C(CN)c1ccc(Br)c(Cl)c1. The van der Waals surface area contributed by atoms with Crippen molar-refractivity contribution in [3.05, 3.63) is 33.3 Å². The third kappa shape index (κ3) is 3.72. The van der Waals surface area contributed by atoms with Crippen molar-refractivity contribution in [2.45, 2.75) is 32.2 Å². The van der Waals surface area contributed by atoms with E-state index >= 15 is 0 Å². The largest absolute Gasteiger partial charge is 0.329 e. The van der Waals surface area contributed by atoms with Gasteiger partial charge < -0.3 is 5.73 Å². The van der Waals surface area contributed by atoms with Gasteiger partial charge in [-0.1, -0.05) is 31.0 Å². The Kier molecular flexibility index (Phi) is 5.70. The van der Waals surface area contributed by atoms with Crippen LogP contribution in [0.3, 0.4) is 0 Å². The second-order valence-corrected chi connectivity index (χ2v) is 6.57. The van der Waals surface area contributed by atoms with Crippen LogP contribution < -0.4 is 5.73 Å². The van der Waals surface area contributed by atoms with Crippen molar-refractivity contribution in [3.63, 3.8) is 0 Å². The Bertz CT molecular complexity index is 421. The van der Waals surface area contributed by atoms with Gasteiger partial charge in [-0.25, -0.2) is 0 Å². The summed E-state index contributed by atoms with van der Waals surface area (Å²) in [6.07, 6.45) is 4.13. The Balaban J connectivity index is 2.13. The molecular formula is C15H22BrClN2. The Morgan fingerprint density at radius 2 is 2.21 bits per heavy atom. The molecule has 0 spiro atoms. The first-order chi connectivity index (χ1) is 9.15. The predicted octanol–water partition coefficient (Wildman–Crippen LogP) is 4.22. The number of rotatable bonds is 6. The zero-order chi connectivity index (χ0) is 13.8. The van der Waals surface area contributed by atoms with Gasteiger partial charge in [-0.3, -0.25) is 4.90 Å². The normalized spacial score (nSPS) is 17.5. The summed E-state index contributed by atoms with van der Waals surface area (Å²) in [5, 5.41) is 0.760. The molecule has 0 saturated heterocycles. The van der Waals surface area contributed by atoms with E-state index in [1.165, 1.54) is 24.8 Å². The van der Waals surface area contributed by atoms with Gasteiger partial charge >= 0.3 is 0 Å². The maximum Gasteiger partial charge on any atom is 0.0551 e. The van der Waals surface area contributed by atoms with Crippen molar-refractivity contribution in [1.82, 2.24) is 4.90 Å². The quantitative estimate of drug-likeness (QED) is 0.836. The average molecular weight is 346 g/mol. The predicted molar refractivity (Wildman–Crippen MR) is 85.5 cm³/mol. The number of nitrogens with two attached hydrogens (primary N) is 1. The van der Waals surface area contributed by atoms with Gasteiger partial charge in [-0.05, 0) is 58.9 Å². The standard InChI is InChI=1S/C15H22BrClN2/c1-2-19(10-11-4-3-5-11)15(9-18)12-6-7-13(16)14(17)8-12/h6-8,11,15H,2-5,9-10,18H2,1H3. The molecule has 1 fully saturated rings. The lowest BCUT2D eigenvalue weighted by Gasteiger charge is -2.36. The van der Waals surface area contributed by atoms with Gasteiger partial charge in [0.2, 0.25) is 0 Å². The monoisotopic (exact) mass is 344 g/mol. The van der Waals surface area contributed by atoms with Crippen LogP contribution in [0.25, 0.3) is 0 Å². The molecular weight excluding hydrogens is 324 g/mol. The van der Waals surface area contributed by atoms with Crippen LogP contribution in [-0.4, -0.2) is 24.5 Å². The van der Waals surface area contributed by atoms with Gasteiger partial charge in [-0.2, -0.15) is 0 Å². The van der Waals surface area contributed by atoms with Crippen LogP contribution in [0.1, 0.15) is 37.8 Å². The molecule has 0 heterocycles. The molecule has 0 aliphatic heterocycles. The highest BCUT2D eigenvalue weighted by Gasteiger charge is 2.25. The first kappa shape index (κ1) is 15.3. The summed E-state index contributed by atoms with van der Waals surface area (Å²) in [7, 11) is 0. The van der Waals surface area contributed by atoms with Crippen LogP contribution in [0.4, 0.5) is 0 Å². The van der Waals surface area contributed by atoms with E-state index in [-0.39, 0.29) is 6.04 Å². The summed E-state index contributed by atoms with van der Waals surface area (Å²) < 4.78 is 0.940. The lowest BCUT2D eigenvalue weighted by Crippen LogP contribution is -2.38. The number of hydrogen-bond acceptors (Lipinski definition) is 2. The van der Waals surface area contributed by atoms with Crippen molar-refractivity contribution in [2.75, 3.05) is 19.6 Å². The molecule has 0 aromatic heterocycles. The highest BCUT2D eigenvalue weighted by molar-refractivity contribution is 9.10. The van der Waals surface area contributed by atoms with Crippen LogP contribution in [-0.2, 0) is 0 Å². The van der Waals surface area contributed by atoms with Crippen LogP contribution in [0, 0.1) is 5.92 Å². The molecule has 0 radical (unpaired) electrons. The zero-order valence-corrected chi connectivity index (χ0v) is 13.8. The number of hydrogen-bond donors (Lipinski definition) is 1. The van der Waals surface area contributed by atoms with Crippen LogP contribution in [0.5, 0.6) is 0 Å². The molecule has 0 bridgehead atoms. The molecule has 4 heteroatoms. The average Bonchev–Trinajstić information content (AvgIpc) is 2.36. The molecule has 0 amide bonds. The van der Waals surface area contributed by atoms with Gasteiger partial charge in [0.1, 0.15) is 0 Å². The topological polar surface area (TPSA) is 29.3 Å². The fourth-order valence-corrected chi connectivity index (χ4v) is 3.13. The third-order valence-corrected chi connectivity index (χ3v) is 5.35. The molecule has 2 N–H and O–H groups in total. The Morgan fingerprint density at radius 3 is 2.68 bits per heavy atom. The fourth-order valence-electron chi connectivity index (χ4n) is 2.70. The van der Waals surface area contributed by atoms with Crippen molar-refractivity contribution >= 4 is 27.5 Å². The summed E-state index contributed by atoms with van der Waals surface area (Å²) in [5.74, 6) is 0.861. The Morgan fingerprint density at radius 1 is 1.47 bits per heavy atom. The van der Waals surface area contributed by atoms with Gasteiger partial charge in [0, 0.05) is 23.6 Å². The molecule has 19 heavy (non-hydrogen) atoms. The van der Waals surface area contributed by atoms with E-state index < -0.39 is 0 Å². The lowest BCUT2D eigenvalue weighted by atomic mass is 9.84. The first-order valence-electron chi connectivity index (χ1n) is 7.04.